The van der Waals surface area contributed by atoms with Gasteiger partial charge in [-0.2, -0.15) is 0 Å². The molecule has 2 rings (SSSR count). The normalized spacial score (nSPS) is 10.3. The van der Waals surface area contributed by atoms with Crippen molar-refractivity contribution in [1.29, 1.82) is 0 Å². The fraction of sp³-hybridized carbons (Fsp3) is 0.154. The highest BCUT2D eigenvalue weighted by Gasteiger charge is 2.13. The zero-order chi connectivity index (χ0) is 13.8. The Bertz CT molecular complexity index is 597. The Morgan fingerprint density at radius 1 is 1.47 bits per heavy atom. The van der Waals surface area contributed by atoms with E-state index in [-0.39, 0.29) is 5.56 Å². The molecule has 0 spiro atoms. The zero-order valence-electron chi connectivity index (χ0n) is 10.1. The van der Waals surface area contributed by atoms with Gasteiger partial charge in [-0.25, -0.2) is 9.18 Å². The molecule has 1 aromatic heterocycles. The van der Waals surface area contributed by atoms with Gasteiger partial charge in [0, 0.05) is 0 Å². The fourth-order valence-electron chi connectivity index (χ4n) is 1.58. The van der Waals surface area contributed by atoms with E-state index in [9.17, 15) is 9.18 Å². The Morgan fingerprint density at radius 2 is 2.26 bits per heavy atom. The summed E-state index contributed by atoms with van der Waals surface area (Å²) in [6, 6.07) is 5.58. The van der Waals surface area contributed by atoms with Crippen molar-refractivity contribution in [1.82, 2.24) is 0 Å². The van der Waals surface area contributed by atoms with Crippen molar-refractivity contribution in [2.75, 3.05) is 12.4 Å². The lowest BCUT2D eigenvalue weighted by atomic mass is 10.1. The Balaban J connectivity index is 2.21. The van der Waals surface area contributed by atoms with E-state index in [2.05, 4.69) is 26.0 Å². The summed E-state index contributed by atoms with van der Waals surface area (Å²) in [4.78, 5) is 11.6. The molecule has 1 aromatic carbocycles. The molecule has 6 heteroatoms. The van der Waals surface area contributed by atoms with Crippen LogP contribution in [0.2, 0.25) is 0 Å². The number of furan rings is 1. The predicted octanol–water partition coefficient (Wildman–Crippen LogP) is 3.58. The van der Waals surface area contributed by atoms with Crippen molar-refractivity contribution >= 4 is 27.6 Å². The molecular formula is C13H11BrFNO3. The zero-order valence-corrected chi connectivity index (χ0v) is 11.7. The maximum atomic E-state index is 13.2. The number of rotatable bonds is 4. The van der Waals surface area contributed by atoms with Crippen LogP contribution in [0.15, 0.2) is 39.4 Å². The minimum absolute atomic E-state index is 0.270. The molecule has 0 radical (unpaired) electrons. The van der Waals surface area contributed by atoms with Crippen LogP contribution in [0, 0.1) is 5.82 Å². The summed E-state index contributed by atoms with van der Waals surface area (Å²) in [6.45, 7) is 0.320. The van der Waals surface area contributed by atoms with Gasteiger partial charge in [0.05, 0.1) is 35.6 Å². The summed E-state index contributed by atoms with van der Waals surface area (Å²) in [5, 5.41) is 2.95. The molecule has 0 saturated carbocycles. The molecule has 0 saturated heterocycles. The van der Waals surface area contributed by atoms with E-state index in [1.807, 2.05) is 0 Å². The standard InChI is InChI=1S/C13H11BrFNO3/c1-18-13(17)9-3-2-8(15)6-11(9)16-7-12-10(14)4-5-19-12/h2-6,16H,7H2,1H3. The average Bonchev–Trinajstić information content (AvgIpc) is 2.81. The van der Waals surface area contributed by atoms with Gasteiger partial charge < -0.3 is 14.5 Å². The first-order chi connectivity index (χ1) is 9.11. The van der Waals surface area contributed by atoms with Gasteiger partial charge in [0.2, 0.25) is 0 Å². The first kappa shape index (κ1) is 13.6. The number of anilines is 1. The maximum absolute atomic E-state index is 13.2. The van der Waals surface area contributed by atoms with E-state index < -0.39 is 11.8 Å². The van der Waals surface area contributed by atoms with Gasteiger partial charge in [-0.05, 0) is 40.2 Å². The molecule has 0 fully saturated rings. The third kappa shape index (κ3) is 3.14. The van der Waals surface area contributed by atoms with Crippen molar-refractivity contribution in [3.8, 4) is 0 Å². The Kier molecular flexibility index (Phi) is 4.21. The molecule has 0 amide bonds. The number of carbonyl (C=O) groups is 1. The van der Waals surface area contributed by atoms with E-state index in [1.54, 1.807) is 6.07 Å². The number of methoxy groups -OCH3 is 1. The lowest BCUT2D eigenvalue weighted by molar-refractivity contribution is 0.0601. The second kappa shape index (κ2) is 5.88. The largest absolute Gasteiger partial charge is 0.466 e. The van der Waals surface area contributed by atoms with Crippen LogP contribution in [0.5, 0.6) is 0 Å². The number of carbonyl (C=O) groups excluding carboxylic acids is 1. The lowest BCUT2D eigenvalue weighted by Gasteiger charge is -2.10. The number of halogens is 2. The van der Waals surface area contributed by atoms with Crippen molar-refractivity contribution in [3.05, 3.63) is 52.1 Å². The molecule has 1 heterocycles. The highest BCUT2D eigenvalue weighted by atomic mass is 79.9. The minimum Gasteiger partial charge on any atom is -0.466 e. The molecule has 4 nitrogen and oxygen atoms in total. The third-order valence-electron chi connectivity index (χ3n) is 2.52. The van der Waals surface area contributed by atoms with Crippen LogP contribution < -0.4 is 5.32 Å². The van der Waals surface area contributed by atoms with Gasteiger partial charge in [0.25, 0.3) is 0 Å². The number of benzene rings is 1. The van der Waals surface area contributed by atoms with Crippen LogP contribution in [0.4, 0.5) is 10.1 Å². The number of nitrogens with one attached hydrogen (secondary N) is 1. The van der Waals surface area contributed by atoms with Gasteiger partial charge in [0.1, 0.15) is 11.6 Å². The first-order valence-electron chi connectivity index (χ1n) is 5.45. The number of hydrogen-bond donors (Lipinski definition) is 1. The van der Waals surface area contributed by atoms with Crippen LogP contribution in [0.3, 0.4) is 0 Å². The highest BCUT2D eigenvalue weighted by molar-refractivity contribution is 9.10. The van der Waals surface area contributed by atoms with E-state index >= 15 is 0 Å². The third-order valence-corrected chi connectivity index (χ3v) is 3.22. The van der Waals surface area contributed by atoms with Gasteiger partial charge in [0.15, 0.2) is 0 Å². The van der Waals surface area contributed by atoms with Gasteiger partial charge in [-0.3, -0.25) is 0 Å². The molecule has 100 valence electrons. The quantitative estimate of drug-likeness (QED) is 0.872. The highest BCUT2D eigenvalue weighted by Crippen LogP contribution is 2.22. The van der Waals surface area contributed by atoms with Crippen LogP contribution in [0.1, 0.15) is 16.1 Å². The van der Waals surface area contributed by atoms with Gasteiger partial charge >= 0.3 is 5.97 Å². The summed E-state index contributed by atoms with van der Waals surface area (Å²) < 4.78 is 23.9. The molecule has 1 N–H and O–H groups in total. The smallest absolute Gasteiger partial charge is 0.339 e. The number of ether oxygens (including phenoxy) is 1. The minimum atomic E-state index is -0.527. The molecule has 0 aliphatic heterocycles. The fourth-order valence-corrected chi connectivity index (χ4v) is 1.92. The summed E-state index contributed by atoms with van der Waals surface area (Å²) in [6.07, 6.45) is 1.54. The Morgan fingerprint density at radius 3 is 2.89 bits per heavy atom. The van der Waals surface area contributed by atoms with Crippen LogP contribution in [-0.4, -0.2) is 13.1 Å². The van der Waals surface area contributed by atoms with Crippen molar-refractivity contribution in [3.63, 3.8) is 0 Å². The average molecular weight is 328 g/mol. The topological polar surface area (TPSA) is 51.5 Å². The second-order valence-electron chi connectivity index (χ2n) is 3.73. The summed E-state index contributed by atoms with van der Waals surface area (Å²) in [5.41, 5.74) is 0.627. The Hall–Kier alpha value is -1.82. The second-order valence-corrected chi connectivity index (χ2v) is 4.58. The van der Waals surface area contributed by atoms with E-state index in [4.69, 9.17) is 4.42 Å². The molecule has 0 atom stereocenters. The summed E-state index contributed by atoms with van der Waals surface area (Å²) >= 11 is 3.32. The van der Waals surface area contributed by atoms with Crippen molar-refractivity contribution in [2.45, 2.75) is 6.54 Å². The van der Waals surface area contributed by atoms with E-state index in [0.29, 0.717) is 18.0 Å². The number of esters is 1. The van der Waals surface area contributed by atoms with Crippen molar-refractivity contribution < 1.29 is 18.3 Å². The molecule has 0 aliphatic rings. The summed E-state index contributed by atoms with van der Waals surface area (Å²) in [7, 11) is 1.28. The number of hydrogen-bond acceptors (Lipinski definition) is 4. The van der Waals surface area contributed by atoms with E-state index in [1.165, 1.54) is 31.6 Å². The molecule has 0 aliphatic carbocycles. The molecule has 2 aromatic rings. The van der Waals surface area contributed by atoms with Crippen molar-refractivity contribution in [2.24, 2.45) is 0 Å². The predicted molar refractivity (Wildman–Crippen MR) is 71.5 cm³/mol. The monoisotopic (exact) mass is 327 g/mol. The van der Waals surface area contributed by atoms with Gasteiger partial charge in [-0.15, -0.1) is 0 Å². The molecular weight excluding hydrogens is 317 g/mol. The first-order valence-corrected chi connectivity index (χ1v) is 6.24. The van der Waals surface area contributed by atoms with Crippen LogP contribution in [0.25, 0.3) is 0 Å². The lowest BCUT2D eigenvalue weighted by Crippen LogP contribution is -2.08. The maximum Gasteiger partial charge on any atom is 0.339 e. The van der Waals surface area contributed by atoms with Crippen LogP contribution in [-0.2, 0) is 11.3 Å². The Labute approximate surface area is 117 Å². The summed E-state index contributed by atoms with van der Waals surface area (Å²) in [5.74, 6) is -0.310. The van der Waals surface area contributed by atoms with Crippen LogP contribution >= 0.6 is 15.9 Å². The van der Waals surface area contributed by atoms with E-state index in [0.717, 1.165) is 4.47 Å². The van der Waals surface area contributed by atoms with Gasteiger partial charge in [-0.1, -0.05) is 0 Å². The molecule has 19 heavy (non-hydrogen) atoms. The molecule has 0 bridgehead atoms. The SMILES string of the molecule is COC(=O)c1ccc(F)cc1NCc1occc1Br. The molecule has 0 unspecified atom stereocenters.